The highest BCUT2D eigenvalue weighted by Gasteiger charge is 2.37. The average Bonchev–Trinajstić information content (AvgIpc) is 2.85. The number of hydrogen-bond donors (Lipinski definition) is 1. The van der Waals surface area contributed by atoms with Gasteiger partial charge in [0.1, 0.15) is 0 Å². The molecule has 0 atom stereocenters. The van der Waals surface area contributed by atoms with Crippen molar-refractivity contribution in [2.75, 3.05) is 5.32 Å². The van der Waals surface area contributed by atoms with E-state index in [2.05, 4.69) is 5.32 Å². The molecule has 110 valence electrons. The Bertz CT molecular complexity index is 461. The molecule has 0 heterocycles. The van der Waals surface area contributed by atoms with E-state index < -0.39 is 0 Å². The minimum absolute atomic E-state index is 0.484. The van der Waals surface area contributed by atoms with Gasteiger partial charge < -0.3 is 5.32 Å². The minimum Gasteiger partial charge on any atom is -0.380 e. The van der Waals surface area contributed by atoms with Crippen LogP contribution < -0.4 is 5.32 Å². The molecule has 2 saturated carbocycles. The van der Waals surface area contributed by atoms with Gasteiger partial charge in [0, 0.05) is 11.1 Å². The fourth-order valence-corrected chi connectivity index (χ4v) is 4.81. The van der Waals surface area contributed by atoms with Crippen molar-refractivity contribution in [2.45, 2.75) is 57.4 Å². The lowest BCUT2D eigenvalue weighted by Crippen LogP contribution is -2.31. The summed E-state index contributed by atoms with van der Waals surface area (Å²) in [4.78, 5) is 0. The molecule has 1 aromatic carbocycles. The third kappa shape index (κ3) is 3.05. The molecule has 0 bridgehead atoms. The molecule has 3 rings (SSSR count). The fraction of sp³-hybridized carbons (Fsp3) is 0.625. The second-order valence-electron chi connectivity index (χ2n) is 6.37. The van der Waals surface area contributed by atoms with E-state index in [1.807, 2.05) is 0 Å². The first-order valence-electron chi connectivity index (χ1n) is 7.49. The van der Waals surface area contributed by atoms with Crippen LogP contribution in [-0.4, -0.2) is 6.04 Å². The quantitative estimate of drug-likeness (QED) is 0.646. The summed E-state index contributed by atoms with van der Waals surface area (Å²) in [5, 5.41) is 5.34. The van der Waals surface area contributed by atoms with Gasteiger partial charge in [-0.25, -0.2) is 0 Å². The van der Waals surface area contributed by atoms with Crippen molar-refractivity contribution in [1.82, 2.24) is 0 Å². The summed E-state index contributed by atoms with van der Waals surface area (Å²) in [6.45, 7) is 0. The largest absolute Gasteiger partial charge is 0.380 e. The predicted molar refractivity (Wildman–Crippen MR) is 88.3 cm³/mol. The van der Waals surface area contributed by atoms with Crippen LogP contribution in [0.5, 0.6) is 0 Å². The Balaban J connectivity index is 1.65. The first-order valence-corrected chi connectivity index (χ1v) is 8.62. The number of anilines is 1. The zero-order valence-corrected chi connectivity index (χ0v) is 13.8. The van der Waals surface area contributed by atoms with Gasteiger partial charge in [0.05, 0.1) is 15.7 Å². The smallest absolute Gasteiger partial charge is 0.0722 e. The molecule has 0 aliphatic heterocycles. The molecule has 0 radical (unpaired) electrons. The van der Waals surface area contributed by atoms with Crippen LogP contribution in [0.2, 0.25) is 15.1 Å². The zero-order chi connectivity index (χ0) is 14.2. The van der Waals surface area contributed by atoms with Gasteiger partial charge in [0.25, 0.3) is 0 Å². The van der Waals surface area contributed by atoms with E-state index in [9.17, 15) is 0 Å². The number of hydrogen-bond acceptors (Lipinski definition) is 1. The number of rotatable bonds is 2. The monoisotopic (exact) mass is 331 g/mol. The van der Waals surface area contributed by atoms with Crippen molar-refractivity contribution in [3.05, 3.63) is 27.2 Å². The van der Waals surface area contributed by atoms with Crippen molar-refractivity contribution in [3.8, 4) is 0 Å². The molecule has 1 N–H and O–H groups in total. The molecule has 1 aromatic rings. The van der Waals surface area contributed by atoms with Crippen LogP contribution in [0.4, 0.5) is 5.69 Å². The average molecular weight is 333 g/mol. The summed E-state index contributed by atoms with van der Waals surface area (Å²) < 4.78 is 0. The fourth-order valence-electron chi connectivity index (χ4n) is 3.88. The number of halogens is 3. The summed E-state index contributed by atoms with van der Waals surface area (Å²) >= 11 is 18.4. The zero-order valence-electron chi connectivity index (χ0n) is 11.5. The Morgan fingerprint density at radius 3 is 2.00 bits per heavy atom. The topological polar surface area (TPSA) is 12.0 Å². The van der Waals surface area contributed by atoms with Crippen LogP contribution in [0.3, 0.4) is 0 Å². The van der Waals surface area contributed by atoms with Gasteiger partial charge >= 0.3 is 0 Å². The van der Waals surface area contributed by atoms with E-state index in [-0.39, 0.29) is 0 Å². The number of nitrogens with one attached hydrogen (secondary N) is 1. The Morgan fingerprint density at radius 1 is 0.900 bits per heavy atom. The second kappa shape index (κ2) is 5.94. The summed E-state index contributed by atoms with van der Waals surface area (Å²) in [6, 6.07) is 3.98. The summed E-state index contributed by atoms with van der Waals surface area (Å²) in [7, 11) is 0. The van der Waals surface area contributed by atoms with Gasteiger partial charge in [-0.2, -0.15) is 0 Å². The molecular formula is C16H20Cl3N. The van der Waals surface area contributed by atoms with Crippen LogP contribution in [-0.2, 0) is 0 Å². The highest BCUT2D eigenvalue weighted by molar-refractivity contribution is 6.41. The maximum absolute atomic E-state index is 6.24. The summed E-state index contributed by atoms with van der Waals surface area (Å²) in [6.07, 6.45) is 10.8. The molecule has 0 aromatic heterocycles. The lowest BCUT2D eigenvalue weighted by Gasteiger charge is -2.38. The highest BCUT2D eigenvalue weighted by Crippen LogP contribution is 2.49. The lowest BCUT2D eigenvalue weighted by atomic mass is 9.71. The molecular weight excluding hydrogens is 313 g/mol. The molecule has 1 spiro atoms. The molecule has 0 saturated heterocycles. The molecule has 0 unspecified atom stereocenters. The van der Waals surface area contributed by atoms with Crippen molar-refractivity contribution in [1.29, 1.82) is 0 Å². The van der Waals surface area contributed by atoms with Crippen molar-refractivity contribution >= 4 is 40.5 Å². The first-order chi connectivity index (χ1) is 9.58. The van der Waals surface area contributed by atoms with Crippen LogP contribution in [0, 0.1) is 5.41 Å². The Labute approximate surface area is 136 Å². The van der Waals surface area contributed by atoms with E-state index in [0.717, 1.165) is 5.69 Å². The second-order valence-corrected chi connectivity index (χ2v) is 7.62. The van der Waals surface area contributed by atoms with Crippen molar-refractivity contribution < 1.29 is 0 Å². The normalized spacial score (nSPS) is 22.4. The Kier molecular flexibility index (Phi) is 4.40. The maximum atomic E-state index is 6.24. The van der Waals surface area contributed by atoms with Gasteiger partial charge in [-0.15, -0.1) is 0 Å². The van der Waals surface area contributed by atoms with Gasteiger partial charge in [-0.3, -0.25) is 0 Å². The molecule has 1 nitrogen and oxygen atoms in total. The van der Waals surface area contributed by atoms with Crippen molar-refractivity contribution in [2.24, 2.45) is 5.41 Å². The molecule has 20 heavy (non-hydrogen) atoms. The SMILES string of the molecule is Clc1cc(Cl)c(NC2CCC3(CCCC3)CC2)c(Cl)c1. The van der Waals surface area contributed by atoms with Crippen LogP contribution in [0.25, 0.3) is 0 Å². The summed E-state index contributed by atoms with van der Waals surface area (Å²) in [5.41, 5.74) is 1.50. The third-order valence-corrected chi connectivity index (χ3v) is 5.88. The maximum Gasteiger partial charge on any atom is 0.0722 e. The predicted octanol–water partition coefficient (Wildman–Crippen LogP) is 6.56. The third-order valence-electron chi connectivity index (χ3n) is 5.07. The van der Waals surface area contributed by atoms with Gasteiger partial charge in [0.2, 0.25) is 0 Å². The van der Waals surface area contributed by atoms with E-state index in [4.69, 9.17) is 34.8 Å². The molecule has 2 fully saturated rings. The van der Waals surface area contributed by atoms with Crippen LogP contribution >= 0.6 is 34.8 Å². The lowest BCUT2D eigenvalue weighted by molar-refractivity contribution is 0.188. The Morgan fingerprint density at radius 2 is 1.45 bits per heavy atom. The van der Waals surface area contributed by atoms with E-state index in [1.54, 1.807) is 12.1 Å². The van der Waals surface area contributed by atoms with Crippen LogP contribution in [0.15, 0.2) is 12.1 Å². The first kappa shape index (κ1) is 14.8. The standard InChI is InChI=1S/C16H20Cl3N/c17-11-9-13(18)15(14(19)10-11)20-12-3-7-16(8-4-12)5-1-2-6-16/h9-10,12,20H,1-8H2. The van der Waals surface area contributed by atoms with E-state index >= 15 is 0 Å². The van der Waals surface area contributed by atoms with Gasteiger partial charge in [-0.05, 0) is 56.1 Å². The van der Waals surface area contributed by atoms with Crippen molar-refractivity contribution in [3.63, 3.8) is 0 Å². The van der Waals surface area contributed by atoms with Gasteiger partial charge in [-0.1, -0.05) is 47.6 Å². The molecule has 2 aliphatic rings. The van der Waals surface area contributed by atoms with E-state index in [1.165, 1.54) is 51.4 Å². The summed E-state index contributed by atoms with van der Waals surface area (Å²) in [5.74, 6) is 0. The Hall–Kier alpha value is -0.110. The van der Waals surface area contributed by atoms with Gasteiger partial charge in [0.15, 0.2) is 0 Å². The molecule has 4 heteroatoms. The number of benzene rings is 1. The molecule has 0 amide bonds. The molecule has 2 aliphatic carbocycles. The minimum atomic E-state index is 0.484. The highest BCUT2D eigenvalue weighted by atomic mass is 35.5. The van der Waals surface area contributed by atoms with Crippen LogP contribution in [0.1, 0.15) is 51.4 Å². The van der Waals surface area contributed by atoms with E-state index in [0.29, 0.717) is 26.5 Å².